The molecule has 0 spiro atoms. The van der Waals surface area contributed by atoms with Crippen LogP contribution < -0.4 is 0 Å². The largest absolute Gasteiger partial charge is 0.444 e. The van der Waals surface area contributed by atoms with E-state index in [-0.39, 0.29) is 24.3 Å². The molecule has 1 aromatic carbocycles. The summed E-state index contributed by atoms with van der Waals surface area (Å²) in [4.78, 5) is 14.7. The Morgan fingerprint density at radius 3 is 2.57 bits per heavy atom. The molecule has 5 atom stereocenters. The van der Waals surface area contributed by atoms with Gasteiger partial charge in [0.25, 0.3) is 0 Å². The van der Waals surface area contributed by atoms with Crippen molar-refractivity contribution < 1.29 is 28.5 Å². The maximum absolute atomic E-state index is 12.9. The van der Waals surface area contributed by atoms with Gasteiger partial charge in [0, 0.05) is 6.54 Å². The number of nitrogens with zero attached hydrogens (tertiary/aromatic N) is 1. The van der Waals surface area contributed by atoms with Crippen LogP contribution in [0.15, 0.2) is 30.3 Å². The number of rotatable bonds is 3. The molecule has 30 heavy (non-hydrogen) atoms. The minimum absolute atomic E-state index is 0.189. The Bertz CT molecular complexity index is 746. The smallest absolute Gasteiger partial charge is 0.410 e. The molecular weight excluding hydrogens is 386 g/mol. The molecule has 0 bridgehead atoms. The molecule has 4 rings (SSSR count). The zero-order valence-electron chi connectivity index (χ0n) is 18.5. The lowest BCUT2D eigenvalue weighted by molar-refractivity contribution is -0.274. The molecule has 0 saturated carbocycles. The Hall–Kier alpha value is -1.67. The van der Waals surface area contributed by atoms with Gasteiger partial charge in [-0.1, -0.05) is 30.3 Å². The number of benzene rings is 1. The van der Waals surface area contributed by atoms with Crippen LogP contribution in [0.5, 0.6) is 0 Å². The zero-order chi connectivity index (χ0) is 21.5. The van der Waals surface area contributed by atoms with E-state index in [4.69, 9.17) is 23.7 Å². The third-order valence-electron chi connectivity index (χ3n) is 5.59. The van der Waals surface area contributed by atoms with Crippen molar-refractivity contribution in [2.75, 3.05) is 6.54 Å². The third-order valence-corrected chi connectivity index (χ3v) is 5.59. The lowest BCUT2D eigenvalue weighted by atomic mass is 9.89. The van der Waals surface area contributed by atoms with Crippen molar-refractivity contribution in [2.45, 2.75) is 96.1 Å². The van der Waals surface area contributed by atoms with Crippen LogP contribution in [0.4, 0.5) is 4.79 Å². The number of hydrogen-bond donors (Lipinski definition) is 0. The van der Waals surface area contributed by atoms with Gasteiger partial charge >= 0.3 is 6.09 Å². The number of carbonyl (C=O) groups excluding carboxylic acids is 1. The summed E-state index contributed by atoms with van der Waals surface area (Å²) in [5, 5.41) is 0. The maximum Gasteiger partial charge on any atom is 0.410 e. The normalized spacial score (nSPS) is 33.0. The fourth-order valence-corrected chi connectivity index (χ4v) is 4.48. The molecule has 0 aromatic heterocycles. The van der Waals surface area contributed by atoms with E-state index >= 15 is 0 Å². The van der Waals surface area contributed by atoms with Crippen molar-refractivity contribution in [1.29, 1.82) is 0 Å². The minimum Gasteiger partial charge on any atom is -0.444 e. The number of amides is 1. The Balaban J connectivity index is 1.54. The highest BCUT2D eigenvalue weighted by Crippen LogP contribution is 2.42. The molecule has 7 heteroatoms. The molecule has 166 valence electrons. The molecule has 1 unspecified atom stereocenters. The summed E-state index contributed by atoms with van der Waals surface area (Å²) in [5.74, 6) is -0.779. The summed E-state index contributed by atoms with van der Waals surface area (Å²) < 4.78 is 30.6. The number of fused-ring (bicyclic) bond motifs is 3. The van der Waals surface area contributed by atoms with Crippen molar-refractivity contribution in [1.82, 2.24) is 4.90 Å². The van der Waals surface area contributed by atoms with Gasteiger partial charge in [-0.2, -0.15) is 0 Å². The Kier molecular flexibility index (Phi) is 5.83. The molecule has 3 saturated heterocycles. The van der Waals surface area contributed by atoms with Crippen LogP contribution in [0.2, 0.25) is 0 Å². The second-order valence-corrected chi connectivity index (χ2v) is 9.71. The molecule has 3 aliphatic heterocycles. The fraction of sp³-hybridized carbons (Fsp3) is 0.696. The second-order valence-electron chi connectivity index (χ2n) is 9.71. The van der Waals surface area contributed by atoms with Crippen LogP contribution in [0.25, 0.3) is 0 Å². The van der Waals surface area contributed by atoms with Gasteiger partial charge in [0.2, 0.25) is 0 Å². The van der Waals surface area contributed by atoms with Crippen molar-refractivity contribution in [2.24, 2.45) is 0 Å². The first-order valence-electron chi connectivity index (χ1n) is 10.8. The number of likely N-dealkylation sites (tertiary alicyclic amines) is 1. The molecule has 7 nitrogen and oxygen atoms in total. The van der Waals surface area contributed by atoms with E-state index in [9.17, 15) is 4.79 Å². The van der Waals surface area contributed by atoms with E-state index in [1.165, 1.54) is 0 Å². The zero-order valence-corrected chi connectivity index (χ0v) is 18.5. The van der Waals surface area contributed by atoms with Gasteiger partial charge in [-0.25, -0.2) is 4.79 Å². The number of ether oxygens (including phenoxy) is 5. The van der Waals surface area contributed by atoms with Crippen LogP contribution in [0.1, 0.15) is 53.0 Å². The van der Waals surface area contributed by atoms with Gasteiger partial charge in [-0.3, -0.25) is 4.90 Å². The molecule has 0 radical (unpaired) electrons. The van der Waals surface area contributed by atoms with Crippen LogP contribution in [0, 0.1) is 0 Å². The van der Waals surface area contributed by atoms with Crippen LogP contribution in [-0.2, 0) is 30.3 Å². The molecule has 0 aliphatic carbocycles. The minimum atomic E-state index is -0.779. The summed E-state index contributed by atoms with van der Waals surface area (Å²) in [6.07, 6.45) is -0.172. The van der Waals surface area contributed by atoms with E-state index < -0.39 is 23.8 Å². The molecule has 3 aliphatic rings. The summed E-state index contributed by atoms with van der Waals surface area (Å²) in [6, 6.07) is 9.71. The van der Waals surface area contributed by atoms with Crippen molar-refractivity contribution >= 4 is 6.09 Å². The van der Waals surface area contributed by atoms with Crippen LogP contribution in [-0.4, -0.2) is 59.6 Å². The average molecular weight is 420 g/mol. The molecule has 1 aromatic rings. The summed E-state index contributed by atoms with van der Waals surface area (Å²) in [7, 11) is 0. The van der Waals surface area contributed by atoms with E-state index in [2.05, 4.69) is 0 Å². The Morgan fingerprint density at radius 1 is 1.17 bits per heavy atom. The first-order valence-corrected chi connectivity index (χ1v) is 10.8. The van der Waals surface area contributed by atoms with Crippen LogP contribution in [0.3, 0.4) is 0 Å². The molecule has 0 N–H and O–H groups in total. The third kappa shape index (κ3) is 4.64. The maximum atomic E-state index is 12.9. The van der Waals surface area contributed by atoms with Gasteiger partial charge < -0.3 is 23.7 Å². The monoisotopic (exact) mass is 419 g/mol. The standard InChI is InChI=1S/C23H33NO6/c1-22(2,3)30-21(25)24-13-9-12-16-17(24)18-19(29-23(4,5)28-18)20(27-16)26-14-15-10-7-6-8-11-15/h6-8,10-11,16-20H,9,12-14H2,1-5H3/t16-,17+,18-,19?,20-/m0/s1. The molecule has 3 heterocycles. The van der Waals surface area contributed by atoms with Gasteiger partial charge in [-0.15, -0.1) is 0 Å². The predicted octanol–water partition coefficient (Wildman–Crippen LogP) is 3.85. The Labute approximate surface area is 178 Å². The predicted molar refractivity (Wildman–Crippen MR) is 110 cm³/mol. The highest BCUT2D eigenvalue weighted by atomic mass is 16.8. The molecular formula is C23H33NO6. The van der Waals surface area contributed by atoms with E-state index in [1.54, 1.807) is 4.90 Å². The first-order chi connectivity index (χ1) is 14.1. The van der Waals surface area contributed by atoms with Gasteiger partial charge in [0.1, 0.15) is 17.8 Å². The van der Waals surface area contributed by atoms with Gasteiger partial charge in [-0.05, 0) is 53.0 Å². The first kappa shape index (κ1) is 21.6. The summed E-state index contributed by atoms with van der Waals surface area (Å²) >= 11 is 0. The number of piperidine rings is 1. The van der Waals surface area contributed by atoms with E-state index in [0.29, 0.717) is 13.2 Å². The van der Waals surface area contributed by atoms with E-state index in [0.717, 1.165) is 18.4 Å². The lowest BCUT2D eigenvalue weighted by Crippen LogP contribution is -2.66. The van der Waals surface area contributed by atoms with Crippen LogP contribution >= 0.6 is 0 Å². The van der Waals surface area contributed by atoms with Gasteiger partial charge in [0.05, 0.1) is 18.8 Å². The molecule has 1 amide bonds. The second kappa shape index (κ2) is 8.11. The van der Waals surface area contributed by atoms with E-state index in [1.807, 2.05) is 65.0 Å². The highest BCUT2D eigenvalue weighted by molar-refractivity contribution is 5.69. The van der Waals surface area contributed by atoms with Crippen molar-refractivity contribution in [3.8, 4) is 0 Å². The quantitative estimate of drug-likeness (QED) is 0.742. The lowest BCUT2D eigenvalue weighted by Gasteiger charge is -2.49. The summed E-state index contributed by atoms with van der Waals surface area (Å²) in [5.41, 5.74) is 0.504. The van der Waals surface area contributed by atoms with Crippen molar-refractivity contribution in [3.05, 3.63) is 35.9 Å². The topological polar surface area (TPSA) is 66.5 Å². The van der Waals surface area contributed by atoms with Crippen molar-refractivity contribution in [3.63, 3.8) is 0 Å². The number of hydrogen-bond acceptors (Lipinski definition) is 6. The SMILES string of the molecule is CC(C)(C)OC(=O)N1CCC[C@@H]2O[C@H](OCc3ccccc3)C3OC(C)(C)O[C@H]3[C@@H]21. The number of carbonyl (C=O) groups is 1. The average Bonchev–Trinajstić information content (AvgIpc) is 3.00. The molecule has 3 fully saturated rings. The van der Waals surface area contributed by atoms with Gasteiger partial charge in [0.15, 0.2) is 12.1 Å². The summed E-state index contributed by atoms with van der Waals surface area (Å²) in [6.45, 7) is 10.4. The Morgan fingerprint density at radius 2 is 1.87 bits per heavy atom. The fourth-order valence-electron chi connectivity index (χ4n) is 4.48. The highest BCUT2D eigenvalue weighted by Gasteiger charge is 2.59.